The van der Waals surface area contributed by atoms with Crippen molar-refractivity contribution in [3.05, 3.63) is 76.0 Å². The molecule has 31 heavy (non-hydrogen) atoms. The van der Waals surface area contributed by atoms with Gasteiger partial charge in [-0.25, -0.2) is 26.9 Å². The SMILES string of the molecule is O=S1(=O)NC(=NCc2ncccc2F)Nc2c1ccc(F)c2Oc1c(Cl)cccc1Cl. The van der Waals surface area contributed by atoms with Gasteiger partial charge in [0.2, 0.25) is 5.96 Å². The molecule has 0 spiro atoms. The predicted molar refractivity (Wildman–Crippen MR) is 112 cm³/mol. The third-order valence-electron chi connectivity index (χ3n) is 4.18. The van der Waals surface area contributed by atoms with Gasteiger partial charge in [0.1, 0.15) is 16.4 Å². The lowest BCUT2D eigenvalue weighted by molar-refractivity contribution is 0.443. The number of nitrogens with zero attached hydrogens (tertiary/aromatic N) is 2. The molecule has 3 aromatic rings. The van der Waals surface area contributed by atoms with Gasteiger partial charge in [-0.05, 0) is 36.4 Å². The van der Waals surface area contributed by atoms with Crippen molar-refractivity contribution < 1.29 is 21.9 Å². The molecule has 0 fully saturated rings. The van der Waals surface area contributed by atoms with Crippen LogP contribution in [-0.2, 0) is 16.6 Å². The second-order valence-corrected chi connectivity index (χ2v) is 8.69. The number of hydrogen-bond donors (Lipinski definition) is 2. The van der Waals surface area contributed by atoms with E-state index in [-0.39, 0.29) is 44.6 Å². The zero-order valence-corrected chi connectivity index (χ0v) is 17.7. The Labute approximate surface area is 185 Å². The van der Waals surface area contributed by atoms with Crippen LogP contribution in [0.2, 0.25) is 10.0 Å². The van der Waals surface area contributed by atoms with E-state index in [9.17, 15) is 17.2 Å². The minimum absolute atomic E-state index is 0.000333. The number of pyridine rings is 1. The molecule has 160 valence electrons. The van der Waals surface area contributed by atoms with Crippen LogP contribution in [0.3, 0.4) is 0 Å². The summed E-state index contributed by atoms with van der Waals surface area (Å²) in [5, 5.41) is 2.87. The lowest BCUT2D eigenvalue weighted by Gasteiger charge is -2.24. The molecule has 7 nitrogen and oxygen atoms in total. The molecule has 1 aliphatic heterocycles. The largest absolute Gasteiger partial charge is 0.449 e. The average Bonchev–Trinajstić information content (AvgIpc) is 2.71. The Bertz CT molecular complexity index is 1300. The fourth-order valence-corrected chi connectivity index (χ4v) is 4.36. The topological polar surface area (TPSA) is 92.7 Å². The maximum atomic E-state index is 14.6. The van der Waals surface area contributed by atoms with Gasteiger partial charge >= 0.3 is 0 Å². The summed E-state index contributed by atoms with van der Waals surface area (Å²) in [6.07, 6.45) is 1.38. The summed E-state index contributed by atoms with van der Waals surface area (Å²) in [5.74, 6) is -2.23. The summed E-state index contributed by atoms with van der Waals surface area (Å²) in [6, 6.07) is 9.15. The minimum Gasteiger partial charge on any atom is -0.449 e. The normalized spacial score (nSPS) is 15.7. The van der Waals surface area contributed by atoms with Crippen molar-refractivity contribution in [2.45, 2.75) is 11.4 Å². The number of hydrogen-bond acceptors (Lipinski definition) is 5. The van der Waals surface area contributed by atoms with Crippen LogP contribution in [0.5, 0.6) is 11.5 Å². The van der Waals surface area contributed by atoms with Crippen LogP contribution in [0.15, 0.2) is 58.5 Å². The number of aromatic nitrogens is 1. The van der Waals surface area contributed by atoms with E-state index in [1.165, 1.54) is 30.5 Å². The second-order valence-electron chi connectivity index (χ2n) is 6.23. The molecule has 1 aliphatic rings. The molecule has 0 saturated carbocycles. The fourth-order valence-electron chi connectivity index (χ4n) is 2.75. The summed E-state index contributed by atoms with van der Waals surface area (Å²) in [4.78, 5) is 7.57. The molecule has 1 aromatic heterocycles. The Morgan fingerprint density at radius 1 is 1.00 bits per heavy atom. The Kier molecular flexibility index (Phi) is 5.69. The highest BCUT2D eigenvalue weighted by Gasteiger charge is 2.31. The van der Waals surface area contributed by atoms with Crippen molar-refractivity contribution in [2.75, 3.05) is 5.32 Å². The van der Waals surface area contributed by atoms with Gasteiger partial charge in [0.05, 0.1) is 22.3 Å². The van der Waals surface area contributed by atoms with E-state index in [0.717, 1.165) is 12.1 Å². The number of guanidine groups is 1. The zero-order valence-electron chi connectivity index (χ0n) is 15.4. The number of rotatable bonds is 4. The molecule has 0 radical (unpaired) electrons. The first-order valence-electron chi connectivity index (χ1n) is 8.64. The van der Waals surface area contributed by atoms with E-state index in [1.54, 1.807) is 6.07 Å². The van der Waals surface area contributed by atoms with E-state index >= 15 is 0 Å². The molecular formula is C19H12Cl2F2N4O3S. The Morgan fingerprint density at radius 3 is 2.45 bits per heavy atom. The molecule has 4 rings (SSSR count). The summed E-state index contributed by atoms with van der Waals surface area (Å²) in [7, 11) is -4.13. The molecule has 0 unspecified atom stereocenters. The van der Waals surface area contributed by atoms with Gasteiger partial charge in [-0.3, -0.25) is 4.98 Å². The number of aliphatic imine (C=N–C) groups is 1. The number of benzene rings is 2. The van der Waals surface area contributed by atoms with Crippen LogP contribution in [0.25, 0.3) is 0 Å². The van der Waals surface area contributed by atoms with Gasteiger partial charge in [-0.15, -0.1) is 0 Å². The van der Waals surface area contributed by atoms with Crippen molar-refractivity contribution in [1.82, 2.24) is 9.71 Å². The molecule has 2 N–H and O–H groups in total. The summed E-state index contributed by atoms with van der Waals surface area (Å²) in [5.41, 5.74) is -0.213. The summed E-state index contributed by atoms with van der Waals surface area (Å²) >= 11 is 12.2. The molecular weight excluding hydrogens is 473 g/mol. The lowest BCUT2D eigenvalue weighted by Crippen LogP contribution is -2.41. The zero-order chi connectivity index (χ0) is 22.2. The van der Waals surface area contributed by atoms with Gasteiger partial charge in [0.15, 0.2) is 17.3 Å². The molecule has 2 heterocycles. The van der Waals surface area contributed by atoms with Gasteiger partial charge < -0.3 is 10.1 Å². The highest BCUT2D eigenvalue weighted by atomic mass is 35.5. The van der Waals surface area contributed by atoms with Crippen LogP contribution in [0.4, 0.5) is 14.5 Å². The van der Waals surface area contributed by atoms with Crippen molar-refractivity contribution in [3.63, 3.8) is 0 Å². The standard InChI is InChI=1S/C19H12Cl2F2N4O3S/c20-10-3-1-4-11(21)17(10)30-18-13(23)6-7-15-16(18)26-19(27-31(15,28)29)25-9-14-12(22)5-2-8-24-14/h1-8H,9H2,(H2,25,26,27). The van der Waals surface area contributed by atoms with Crippen molar-refractivity contribution in [2.24, 2.45) is 4.99 Å². The summed E-state index contributed by atoms with van der Waals surface area (Å²) in [6.45, 7) is -0.269. The Morgan fingerprint density at radius 2 is 1.74 bits per heavy atom. The van der Waals surface area contributed by atoms with E-state index in [0.29, 0.717) is 0 Å². The average molecular weight is 485 g/mol. The predicted octanol–water partition coefficient (Wildman–Crippen LogP) is 4.72. The number of halogens is 4. The quantitative estimate of drug-likeness (QED) is 0.558. The molecule has 0 aliphatic carbocycles. The van der Waals surface area contributed by atoms with Crippen LogP contribution in [0.1, 0.15) is 5.69 Å². The van der Waals surface area contributed by atoms with E-state index < -0.39 is 27.4 Å². The van der Waals surface area contributed by atoms with Crippen LogP contribution in [-0.4, -0.2) is 19.4 Å². The number of ether oxygens (including phenoxy) is 1. The highest BCUT2D eigenvalue weighted by Crippen LogP contribution is 2.43. The number of anilines is 1. The van der Waals surface area contributed by atoms with Gasteiger partial charge in [-0.2, -0.15) is 0 Å². The van der Waals surface area contributed by atoms with Gasteiger partial charge in [0, 0.05) is 6.20 Å². The number of nitrogens with one attached hydrogen (secondary N) is 2. The molecule has 2 aromatic carbocycles. The van der Waals surface area contributed by atoms with E-state index in [2.05, 4.69) is 20.0 Å². The lowest BCUT2D eigenvalue weighted by atomic mass is 10.2. The molecule has 12 heteroatoms. The van der Waals surface area contributed by atoms with Crippen molar-refractivity contribution in [1.29, 1.82) is 0 Å². The minimum atomic E-state index is -4.13. The maximum Gasteiger partial charge on any atom is 0.266 e. The first kappa shape index (κ1) is 21.3. The fraction of sp³-hybridized carbons (Fsp3) is 0.0526. The first-order valence-corrected chi connectivity index (χ1v) is 10.9. The smallest absolute Gasteiger partial charge is 0.266 e. The van der Waals surface area contributed by atoms with Gasteiger partial charge in [-0.1, -0.05) is 29.3 Å². The van der Waals surface area contributed by atoms with Crippen molar-refractivity contribution >= 4 is 44.9 Å². The molecule has 0 atom stereocenters. The number of fused-ring (bicyclic) bond motifs is 1. The van der Waals surface area contributed by atoms with Crippen LogP contribution < -0.4 is 14.8 Å². The molecule has 0 bridgehead atoms. The summed E-state index contributed by atoms with van der Waals surface area (Å²) < 4.78 is 61.5. The number of sulfonamides is 1. The third-order valence-corrected chi connectivity index (χ3v) is 6.16. The number of para-hydroxylation sites is 1. The van der Waals surface area contributed by atoms with Crippen LogP contribution in [0, 0.1) is 11.6 Å². The second kappa shape index (κ2) is 8.29. The maximum absolute atomic E-state index is 14.6. The first-order chi connectivity index (χ1) is 14.8. The third kappa shape index (κ3) is 4.27. The van der Waals surface area contributed by atoms with Crippen LogP contribution >= 0.6 is 23.2 Å². The van der Waals surface area contributed by atoms with E-state index in [1.807, 2.05) is 0 Å². The van der Waals surface area contributed by atoms with E-state index in [4.69, 9.17) is 27.9 Å². The Balaban J connectivity index is 1.76. The molecule has 0 amide bonds. The molecule has 0 saturated heterocycles. The monoisotopic (exact) mass is 484 g/mol. The van der Waals surface area contributed by atoms with Gasteiger partial charge in [0.25, 0.3) is 10.0 Å². The highest BCUT2D eigenvalue weighted by molar-refractivity contribution is 7.90. The Hall–Kier alpha value is -2.95. The van der Waals surface area contributed by atoms with Crippen molar-refractivity contribution in [3.8, 4) is 11.5 Å².